The molecule has 2 aromatic rings. The summed E-state index contributed by atoms with van der Waals surface area (Å²) >= 11 is 0. The van der Waals surface area contributed by atoms with Crippen molar-refractivity contribution in [2.75, 3.05) is 13.1 Å². The second-order valence-electron chi connectivity index (χ2n) is 16.9. The molecule has 55 heavy (non-hydrogen) atoms. The molecule has 13 heteroatoms. The van der Waals surface area contributed by atoms with Gasteiger partial charge >= 0.3 is 0 Å². The first-order valence-electron chi connectivity index (χ1n) is 20.0. The molecule has 2 heterocycles. The lowest BCUT2D eigenvalue weighted by Gasteiger charge is -2.37. The van der Waals surface area contributed by atoms with Crippen molar-refractivity contribution in [1.29, 1.82) is 0 Å². The van der Waals surface area contributed by atoms with Crippen molar-refractivity contribution in [2.24, 2.45) is 35.0 Å². The van der Waals surface area contributed by atoms with Crippen LogP contribution in [-0.4, -0.2) is 87.4 Å². The molecular formula is C42H53N7O6. The Kier molecular flexibility index (Phi) is 11.2. The number of likely N-dealkylation sites (tertiary alicyclic amines) is 1. The molecule has 0 spiro atoms. The van der Waals surface area contributed by atoms with Gasteiger partial charge in [0.25, 0.3) is 11.8 Å². The third-order valence-corrected chi connectivity index (χ3v) is 12.9. The van der Waals surface area contributed by atoms with Crippen LogP contribution in [0.4, 0.5) is 0 Å². The van der Waals surface area contributed by atoms with Crippen LogP contribution >= 0.6 is 0 Å². The standard InChI is InChI=1S/C42H53N7O6/c1-4-16-45-40(54)36(50)30(19-24-14-15-24)46-39(53)35-32-29(42(32,2)3)23-49(35)41(55)34(28-20-26-12-8-9-13-27(26)21-28)48-38(52)33(25-10-6-5-7-11-25)47-37(51)31-22-43-17-18-44-31/h4,8-9,12-13,17-18,22,24-25,28-30,32-35H,1,5-7,10-11,14-16,19-21,23H2,2-3H3,(H,45,54)(H,46,53)(H,47,51)(H,48,52)/t29-,30?,32-,33-,34-,35-/m0/s1. The van der Waals surface area contributed by atoms with Gasteiger partial charge in [-0.1, -0.05) is 76.3 Å². The van der Waals surface area contributed by atoms with Crippen LogP contribution in [0.3, 0.4) is 0 Å². The Bertz CT molecular complexity index is 1800. The Hall–Kier alpha value is -4.94. The molecule has 1 aromatic carbocycles. The average Bonchev–Trinajstić information content (AvgIpc) is 3.95. The molecule has 1 aliphatic heterocycles. The second-order valence-corrected chi connectivity index (χ2v) is 16.9. The summed E-state index contributed by atoms with van der Waals surface area (Å²) < 4.78 is 0. The number of nitrogens with one attached hydrogen (secondary N) is 4. The van der Waals surface area contributed by atoms with Crippen LogP contribution in [-0.2, 0) is 36.8 Å². The van der Waals surface area contributed by atoms with Gasteiger partial charge in [-0.25, -0.2) is 4.98 Å². The van der Waals surface area contributed by atoms with Crippen LogP contribution in [0.25, 0.3) is 0 Å². The molecule has 0 bridgehead atoms. The lowest BCUT2D eigenvalue weighted by atomic mass is 9.83. The fourth-order valence-electron chi connectivity index (χ4n) is 9.53. The smallest absolute Gasteiger partial charge is 0.289 e. The fraction of sp³-hybridized carbons (Fsp3) is 0.571. The van der Waals surface area contributed by atoms with Gasteiger partial charge in [0.05, 0.1) is 12.2 Å². The van der Waals surface area contributed by atoms with Crippen molar-refractivity contribution in [2.45, 2.75) is 102 Å². The Morgan fingerprint density at radius 2 is 1.62 bits per heavy atom. The van der Waals surface area contributed by atoms with E-state index in [0.717, 1.165) is 56.1 Å². The number of nitrogens with zero attached hydrogens (tertiary/aromatic N) is 3. The quantitative estimate of drug-likeness (QED) is 0.159. The minimum Gasteiger partial charge on any atom is -0.346 e. The number of rotatable bonds is 15. The number of ketones is 1. The van der Waals surface area contributed by atoms with Crippen molar-refractivity contribution >= 4 is 35.3 Å². The highest BCUT2D eigenvalue weighted by atomic mass is 16.2. The maximum Gasteiger partial charge on any atom is 0.289 e. The number of fused-ring (bicyclic) bond motifs is 2. The molecule has 5 aliphatic rings. The molecule has 1 saturated heterocycles. The van der Waals surface area contributed by atoms with Gasteiger partial charge in [-0.3, -0.25) is 33.8 Å². The van der Waals surface area contributed by atoms with E-state index in [1.807, 2.05) is 24.3 Å². The monoisotopic (exact) mass is 751 g/mol. The first-order valence-corrected chi connectivity index (χ1v) is 20.0. The SMILES string of the molecule is C=CCNC(=O)C(=O)C(CC1CC1)NC(=O)[C@@H]1[C@@H]2[C@H](CN1C(=O)[C@@H](NC(=O)[C@@H](NC(=O)c1cnccn1)C1CCCCC1)C1Cc3ccccc3C1)C2(C)C. The van der Waals surface area contributed by atoms with Gasteiger partial charge in [0.1, 0.15) is 23.8 Å². The highest BCUT2D eigenvalue weighted by molar-refractivity contribution is 6.38. The fourth-order valence-corrected chi connectivity index (χ4v) is 9.53. The topological polar surface area (TPSA) is 180 Å². The van der Waals surface area contributed by atoms with Gasteiger partial charge in [0.2, 0.25) is 23.5 Å². The Balaban J connectivity index is 1.16. The second kappa shape index (κ2) is 16.0. The van der Waals surface area contributed by atoms with Crippen LogP contribution < -0.4 is 21.3 Å². The van der Waals surface area contributed by atoms with E-state index in [2.05, 4.69) is 51.7 Å². The molecule has 6 atom stereocenters. The van der Waals surface area contributed by atoms with Crippen LogP contribution in [0.2, 0.25) is 0 Å². The summed E-state index contributed by atoms with van der Waals surface area (Å²) in [4.78, 5) is 93.2. The predicted octanol–water partition coefficient (Wildman–Crippen LogP) is 2.69. The van der Waals surface area contributed by atoms with Crippen LogP contribution in [0.1, 0.15) is 86.8 Å². The zero-order valence-corrected chi connectivity index (χ0v) is 31.8. The van der Waals surface area contributed by atoms with E-state index >= 15 is 4.79 Å². The highest BCUT2D eigenvalue weighted by Crippen LogP contribution is 2.65. The predicted molar refractivity (Wildman–Crippen MR) is 203 cm³/mol. The van der Waals surface area contributed by atoms with E-state index in [4.69, 9.17) is 0 Å². The molecule has 7 rings (SSSR count). The minimum absolute atomic E-state index is 0.0547. The zero-order chi connectivity index (χ0) is 38.9. The first-order chi connectivity index (χ1) is 26.5. The largest absolute Gasteiger partial charge is 0.346 e. The van der Waals surface area contributed by atoms with E-state index in [0.29, 0.717) is 25.8 Å². The lowest BCUT2D eigenvalue weighted by Crippen LogP contribution is -2.62. The van der Waals surface area contributed by atoms with E-state index < -0.39 is 53.6 Å². The van der Waals surface area contributed by atoms with Crippen LogP contribution in [0, 0.1) is 35.0 Å². The summed E-state index contributed by atoms with van der Waals surface area (Å²) in [6.45, 7) is 8.22. The third-order valence-electron chi connectivity index (χ3n) is 12.9. The average molecular weight is 752 g/mol. The van der Waals surface area contributed by atoms with Gasteiger partial charge in [-0.2, -0.15) is 0 Å². The minimum atomic E-state index is -1.02. The summed E-state index contributed by atoms with van der Waals surface area (Å²) in [6, 6.07) is 4.22. The molecule has 4 aliphatic carbocycles. The summed E-state index contributed by atoms with van der Waals surface area (Å²) in [6.07, 6.45) is 13.5. The maximum atomic E-state index is 15.1. The van der Waals surface area contributed by atoms with E-state index in [1.54, 1.807) is 4.90 Å². The Labute approximate surface area is 322 Å². The van der Waals surface area contributed by atoms with Crippen LogP contribution in [0.5, 0.6) is 0 Å². The molecule has 0 radical (unpaired) electrons. The van der Waals surface area contributed by atoms with Crippen molar-refractivity contribution in [3.63, 3.8) is 0 Å². The van der Waals surface area contributed by atoms with Gasteiger partial charge in [0, 0.05) is 25.5 Å². The van der Waals surface area contributed by atoms with E-state index in [9.17, 15) is 24.0 Å². The third kappa shape index (κ3) is 8.21. The molecule has 13 nitrogen and oxygen atoms in total. The molecule has 1 aromatic heterocycles. The molecule has 1 unspecified atom stereocenters. The van der Waals surface area contributed by atoms with Gasteiger partial charge in [-0.15, -0.1) is 6.58 Å². The summed E-state index contributed by atoms with van der Waals surface area (Å²) in [5, 5.41) is 11.5. The molecule has 4 fully saturated rings. The number of amides is 5. The maximum absolute atomic E-state index is 15.1. The van der Waals surface area contributed by atoms with Gasteiger partial charge < -0.3 is 26.2 Å². The van der Waals surface area contributed by atoms with Gasteiger partial charge in [-0.05, 0) is 78.2 Å². The van der Waals surface area contributed by atoms with Crippen molar-refractivity contribution < 1.29 is 28.8 Å². The van der Waals surface area contributed by atoms with Crippen LogP contribution in [0.15, 0.2) is 55.5 Å². The molecule has 3 saturated carbocycles. The number of hydrogen-bond acceptors (Lipinski definition) is 8. The highest BCUT2D eigenvalue weighted by Gasteiger charge is 2.70. The number of hydrogen-bond donors (Lipinski definition) is 4. The number of benzene rings is 1. The zero-order valence-electron chi connectivity index (χ0n) is 31.8. The lowest BCUT2D eigenvalue weighted by molar-refractivity contribution is -0.146. The van der Waals surface area contributed by atoms with E-state index in [1.165, 1.54) is 24.7 Å². The van der Waals surface area contributed by atoms with Gasteiger partial charge in [0.15, 0.2) is 0 Å². The molecule has 292 valence electrons. The molecule has 4 N–H and O–H groups in total. The normalized spacial score (nSPS) is 24.3. The molecule has 5 amide bonds. The van der Waals surface area contributed by atoms with Crippen molar-refractivity contribution in [3.8, 4) is 0 Å². The van der Waals surface area contributed by atoms with E-state index in [-0.39, 0.29) is 53.2 Å². The Morgan fingerprint density at radius 3 is 2.25 bits per heavy atom. The number of Topliss-reactive ketones (excluding diaryl/α,β-unsaturated/α-hetero) is 1. The molecular weight excluding hydrogens is 699 g/mol. The number of carbonyl (C=O) groups is 6. The summed E-state index contributed by atoms with van der Waals surface area (Å²) in [7, 11) is 0. The first kappa shape index (κ1) is 38.3. The Morgan fingerprint density at radius 1 is 0.909 bits per heavy atom. The number of carbonyl (C=O) groups excluding carboxylic acids is 6. The summed E-state index contributed by atoms with van der Waals surface area (Å²) in [5.74, 6) is -3.54. The van der Waals surface area contributed by atoms with Crippen molar-refractivity contribution in [1.82, 2.24) is 36.1 Å². The van der Waals surface area contributed by atoms with Crippen molar-refractivity contribution in [3.05, 3.63) is 72.3 Å². The number of piperidine rings is 1. The number of aromatic nitrogens is 2. The summed E-state index contributed by atoms with van der Waals surface area (Å²) in [5.41, 5.74) is 2.10.